The molecule has 104 valence electrons. The maximum absolute atomic E-state index is 13.3. The molecule has 6 heteroatoms. The van der Waals surface area contributed by atoms with Gasteiger partial charge in [0.2, 0.25) is 0 Å². The van der Waals surface area contributed by atoms with E-state index in [2.05, 4.69) is 0 Å². The molecule has 5 nitrogen and oxygen atoms in total. The Labute approximate surface area is 110 Å². The summed E-state index contributed by atoms with van der Waals surface area (Å²) < 4.78 is 13.3. The van der Waals surface area contributed by atoms with Crippen molar-refractivity contribution < 1.29 is 14.4 Å². The highest BCUT2D eigenvalue weighted by atomic mass is 19.1. The summed E-state index contributed by atoms with van der Waals surface area (Å²) in [7, 11) is 0. The van der Waals surface area contributed by atoms with E-state index in [0.717, 1.165) is 18.6 Å². The van der Waals surface area contributed by atoms with Crippen LogP contribution in [0.3, 0.4) is 0 Å². The molecule has 0 amide bonds. The summed E-state index contributed by atoms with van der Waals surface area (Å²) in [4.78, 5) is 10.4. The van der Waals surface area contributed by atoms with Crippen molar-refractivity contribution >= 4 is 5.69 Å². The molecule has 0 heterocycles. The summed E-state index contributed by atoms with van der Waals surface area (Å²) in [5.41, 5.74) is 5.36. The van der Waals surface area contributed by atoms with Gasteiger partial charge in [0.1, 0.15) is 5.82 Å². The minimum absolute atomic E-state index is 0.117. The SMILES string of the molecule is NCC1(Cc2cc(F)ccc2[N+](=O)[O-])CCCC1O. The Hall–Kier alpha value is -1.53. The third-order valence-corrected chi connectivity index (χ3v) is 4.05. The Morgan fingerprint density at radius 3 is 2.84 bits per heavy atom. The number of benzene rings is 1. The van der Waals surface area contributed by atoms with Crippen LogP contribution in [0.4, 0.5) is 10.1 Å². The van der Waals surface area contributed by atoms with Crippen molar-refractivity contribution in [2.24, 2.45) is 11.1 Å². The van der Waals surface area contributed by atoms with Crippen LogP contribution in [-0.2, 0) is 6.42 Å². The maximum atomic E-state index is 13.3. The number of rotatable bonds is 4. The van der Waals surface area contributed by atoms with Crippen molar-refractivity contribution in [2.75, 3.05) is 6.54 Å². The van der Waals surface area contributed by atoms with Crippen LogP contribution >= 0.6 is 0 Å². The van der Waals surface area contributed by atoms with Crippen molar-refractivity contribution in [2.45, 2.75) is 31.8 Å². The lowest BCUT2D eigenvalue weighted by Crippen LogP contribution is -2.39. The van der Waals surface area contributed by atoms with Crippen LogP contribution in [0.2, 0.25) is 0 Å². The first kappa shape index (κ1) is 13.9. The van der Waals surface area contributed by atoms with E-state index in [0.29, 0.717) is 18.4 Å². The van der Waals surface area contributed by atoms with E-state index in [9.17, 15) is 19.6 Å². The van der Waals surface area contributed by atoms with E-state index < -0.39 is 22.3 Å². The van der Waals surface area contributed by atoms with E-state index in [4.69, 9.17) is 5.73 Å². The van der Waals surface area contributed by atoms with Crippen molar-refractivity contribution in [1.82, 2.24) is 0 Å². The average Bonchev–Trinajstić information content (AvgIpc) is 2.71. The van der Waals surface area contributed by atoms with Gasteiger partial charge >= 0.3 is 0 Å². The molecule has 0 bridgehead atoms. The van der Waals surface area contributed by atoms with Gasteiger partial charge in [-0.25, -0.2) is 4.39 Å². The average molecular weight is 268 g/mol. The molecule has 0 spiro atoms. The van der Waals surface area contributed by atoms with E-state index in [1.54, 1.807) is 0 Å². The fraction of sp³-hybridized carbons (Fsp3) is 0.538. The molecule has 0 aliphatic heterocycles. The second-order valence-corrected chi connectivity index (χ2v) is 5.18. The summed E-state index contributed by atoms with van der Waals surface area (Å²) in [6.45, 7) is 0.238. The number of nitro benzene ring substituents is 1. The highest BCUT2D eigenvalue weighted by Crippen LogP contribution is 2.41. The zero-order valence-electron chi connectivity index (χ0n) is 10.5. The molecule has 0 aromatic heterocycles. The van der Waals surface area contributed by atoms with Crippen molar-refractivity contribution in [1.29, 1.82) is 0 Å². The van der Waals surface area contributed by atoms with Crippen LogP contribution in [-0.4, -0.2) is 22.7 Å². The molecule has 1 aliphatic rings. The molecule has 1 fully saturated rings. The first-order chi connectivity index (χ1) is 8.98. The normalized spacial score (nSPS) is 26.6. The number of nitrogens with zero attached hydrogens (tertiary/aromatic N) is 1. The number of nitrogens with two attached hydrogens (primary N) is 1. The van der Waals surface area contributed by atoms with Crippen LogP contribution in [0.25, 0.3) is 0 Å². The van der Waals surface area contributed by atoms with Gasteiger partial charge in [0, 0.05) is 23.6 Å². The van der Waals surface area contributed by atoms with Crippen LogP contribution in [0.5, 0.6) is 0 Å². The Kier molecular flexibility index (Phi) is 3.82. The molecule has 1 aliphatic carbocycles. The number of hydrogen-bond donors (Lipinski definition) is 2. The second kappa shape index (κ2) is 5.22. The lowest BCUT2D eigenvalue weighted by molar-refractivity contribution is -0.385. The largest absolute Gasteiger partial charge is 0.392 e. The van der Waals surface area contributed by atoms with Gasteiger partial charge in [-0.1, -0.05) is 6.42 Å². The van der Waals surface area contributed by atoms with Crippen LogP contribution in [0.15, 0.2) is 18.2 Å². The fourth-order valence-electron chi connectivity index (χ4n) is 2.89. The first-order valence-electron chi connectivity index (χ1n) is 6.29. The van der Waals surface area contributed by atoms with Gasteiger partial charge in [-0.15, -0.1) is 0 Å². The predicted octanol–water partition coefficient (Wildman–Crippen LogP) is 1.77. The Morgan fingerprint density at radius 2 is 2.32 bits per heavy atom. The van der Waals surface area contributed by atoms with Crippen LogP contribution in [0, 0.1) is 21.3 Å². The van der Waals surface area contributed by atoms with Crippen LogP contribution in [0.1, 0.15) is 24.8 Å². The van der Waals surface area contributed by atoms with Crippen molar-refractivity contribution in [3.63, 3.8) is 0 Å². The van der Waals surface area contributed by atoms with Gasteiger partial charge in [0.25, 0.3) is 5.69 Å². The number of hydrogen-bond acceptors (Lipinski definition) is 4. The highest BCUT2D eigenvalue weighted by Gasteiger charge is 2.42. The van der Waals surface area contributed by atoms with E-state index >= 15 is 0 Å². The van der Waals surface area contributed by atoms with Crippen molar-refractivity contribution in [3.05, 3.63) is 39.7 Å². The molecule has 1 aromatic carbocycles. The van der Waals surface area contributed by atoms with Gasteiger partial charge in [0.05, 0.1) is 11.0 Å². The minimum atomic E-state index is -0.583. The van der Waals surface area contributed by atoms with Gasteiger partial charge in [-0.3, -0.25) is 10.1 Å². The Morgan fingerprint density at radius 1 is 1.58 bits per heavy atom. The van der Waals surface area contributed by atoms with Gasteiger partial charge in [-0.2, -0.15) is 0 Å². The molecular weight excluding hydrogens is 251 g/mol. The molecule has 3 N–H and O–H groups in total. The Bertz CT molecular complexity index is 495. The molecule has 19 heavy (non-hydrogen) atoms. The molecule has 2 rings (SSSR count). The summed E-state index contributed by atoms with van der Waals surface area (Å²) in [6.07, 6.45) is 1.83. The summed E-state index contributed by atoms with van der Waals surface area (Å²) in [6, 6.07) is 3.40. The third-order valence-electron chi connectivity index (χ3n) is 4.05. The monoisotopic (exact) mass is 268 g/mol. The van der Waals surface area contributed by atoms with Gasteiger partial charge in [0.15, 0.2) is 0 Å². The zero-order chi connectivity index (χ0) is 14.0. The molecule has 1 saturated carbocycles. The molecule has 2 unspecified atom stereocenters. The number of halogens is 1. The summed E-state index contributed by atoms with van der Waals surface area (Å²) in [5.74, 6) is -0.514. The molecule has 0 saturated heterocycles. The standard InChI is InChI=1S/C13H17FN2O3/c14-10-3-4-11(16(18)19)9(6-10)7-13(8-15)5-1-2-12(13)17/h3-4,6,12,17H,1-2,5,7-8,15H2. The molecule has 1 aromatic rings. The number of nitro groups is 1. The van der Waals surface area contributed by atoms with Gasteiger partial charge in [-0.05, 0) is 31.4 Å². The molecule has 2 atom stereocenters. The summed E-state index contributed by atoms with van der Waals surface area (Å²) >= 11 is 0. The molecular formula is C13H17FN2O3. The highest BCUT2D eigenvalue weighted by molar-refractivity contribution is 5.41. The zero-order valence-corrected chi connectivity index (χ0v) is 10.5. The van der Waals surface area contributed by atoms with E-state index in [1.165, 1.54) is 6.07 Å². The van der Waals surface area contributed by atoms with Gasteiger partial charge < -0.3 is 10.8 Å². The third kappa shape index (κ3) is 2.59. The lowest BCUT2D eigenvalue weighted by atomic mass is 9.78. The quantitative estimate of drug-likeness (QED) is 0.643. The second-order valence-electron chi connectivity index (χ2n) is 5.18. The molecule has 0 radical (unpaired) electrons. The van der Waals surface area contributed by atoms with E-state index in [-0.39, 0.29) is 18.7 Å². The lowest BCUT2D eigenvalue weighted by Gasteiger charge is -2.31. The smallest absolute Gasteiger partial charge is 0.272 e. The first-order valence-corrected chi connectivity index (χ1v) is 6.29. The summed E-state index contributed by atoms with van der Waals surface area (Å²) in [5, 5.41) is 21.0. The fourth-order valence-corrected chi connectivity index (χ4v) is 2.89. The number of aliphatic hydroxyl groups excluding tert-OH is 1. The van der Waals surface area contributed by atoms with Crippen LogP contribution < -0.4 is 5.73 Å². The maximum Gasteiger partial charge on any atom is 0.272 e. The Balaban J connectivity index is 2.36. The number of aliphatic hydroxyl groups is 1. The van der Waals surface area contributed by atoms with E-state index in [1.807, 2.05) is 0 Å². The topological polar surface area (TPSA) is 89.4 Å². The minimum Gasteiger partial charge on any atom is -0.392 e. The van der Waals surface area contributed by atoms with Crippen molar-refractivity contribution in [3.8, 4) is 0 Å². The predicted molar refractivity (Wildman–Crippen MR) is 68.1 cm³/mol.